The van der Waals surface area contributed by atoms with E-state index in [-0.39, 0.29) is 22.7 Å². The Balaban J connectivity index is 1.83. The Hall–Kier alpha value is -2.41. The summed E-state index contributed by atoms with van der Waals surface area (Å²) in [6.07, 6.45) is 0.227. The number of anilines is 1. The molecule has 25 heavy (non-hydrogen) atoms. The number of nitrogens with one attached hydrogen (secondary N) is 1. The van der Waals surface area contributed by atoms with Crippen molar-refractivity contribution in [2.45, 2.75) is 46.2 Å². The summed E-state index contributed by atoms with van der Waals surface area (Å²) < 4.78 is 3.65. The molecule has 0 atom stereocenters. The van der Waals surface area contributed by atoms with Crippen LogP contribution < -0.4 is 10.2 Å². The quantitative estimate of drug-likeness (QED) is 0.777. The van der Waals surface area contributed by atoms with Gasteiger partial charge in [-0.15, -0.1) is 0 Å². The first kappa shape index (κ1) is 17.4. The molecule has 2 aromatic heterocycles. The Kier molecular flexibility index (Phi) is 4.51. The summed E-state index contributed by atoms with van der Waals surface area (Å²) in [5.74, 6) is 0.381. The summed E-state index contributed by atoms with van der Waals surface area (Å²) in [6, 6.07) is 7.82. The fourth-order valence-electron chi connectivity index (χ4n) is 2.86. The van der Waals surface area contributed by atoms with E-state index in [9.17, 15) is 9.59 Å². The number of benzene rings is 1. The number of thiazole rings is 1. The number of fused-ring (bicyclic) bond motifs is 1. The first-order chi connectivity index (χ1) is 11.8. The van der Waals surface area contributed by atoms with Gasteiger partial charge in [0.05, 0.1) is 11.0 Å². The van der Waals surface area contributed by atoms with Gasteiger partial charge in [0, 0.05) is 29.6 Å². The van der Waals surface area contributed by atoms with Gasteiger partial charge >= 0.3 is 4.87 Å². The van der Waals surface area contributed by atoms with Crippen LogP contribution in [0.1, 0.15) is 32.9 Å². The van der Waals surface area contributed by atoms with Gasteiger partial charge in [-0.25, -0.2) is 4.98 Å². The van der Waals surface area contributed by atoms with Crippen molar-refractivity contribution in [1.82, 2.24) is 14.1 Å². The number of imidazole rings is 1. The number of hydrogen-bond donors (Lipinski definition) is 1. The molecule has 0 aliphatic heterocycles. The Morgan fingerprint density at radius 3 is 2.64 bits per heavy atom. The largest absolute Gasteiger partial charge is 0.307 e. The lowest BCUT2D eigenvalue weighted by Gasteiger charge is -2.24. The third-order valence-electron chi connectivity index (χ3n) is 4.02. The number of rotatable bonds is 4. The molecule has 1 aromatic carbocycles. The molecule has 1 N–H and O–H groups in total. The van der Waals surface area contributed by atoms with Gasteiger partial charge in [-0.1, -0.05) is 23.5 Å². The summed E-state index contributed by atoms with van der Waals surface area (Å²) >= 11 is 1.15. The number of hydrogen-bond acceptors (Lipinski definition) is 4. The second kappa shape index (κ2) is 6.48. The van der Waals surface area contributed by atoms with Crippen molar-refractivity contribution in [2.24, 2.45) is 0 Å². The molecule has 1 amide bonds. The average molecular weight is 358 g/mol. The van der Waals surface area contributed by atoms with E-state index in [1.165, 1.54) is 0 Å². The van der Waals surface area contributed by atoms with E-state index in [0.29, 0.717) is 12.5 Å². The van der Waals surface area contributed by atoms with Gasteiger partial charge in [0.2, 0.25) is 11.9 Å². The molecular weight excluding hydrogens is 336 g/mol. The van der Waals surface area contributed by atoms with Crippen LogP contribution in [0.3, 0.4) is 0 Å². The molecular formula is C18H22N4O2S. The minimum atomic E-state index is -0.223. The molecule has 7 heteroatoms. The lowest BCUT2D eigenvalue weighted by molar-refractivity contribution is -0.116. The lowest BCUT2D eigenvalue weighted by atomic mass is 10.1. The van der Waals surface area contributed by atoms with Gasteiger partial charge in [-0.05, 0) is 39.8 Å². The van der Waals surface area contributed by atoms with E-state index in [2.05, 4.69) is 31.1 Å². The van der Waals surface area contributed by atoms with Crippen LogP contribution in [0, 0.1) is 6.92 Å². The van der Waals surface area contributed by atoms with Crippen LogP contribution >= 0.6 is 11.3 Å². The van der Waals surface area contributed by atoms with Crippen molar-refractivity contribution in [1.29, 1.82) is 0 Å². The predicted molar refractivity (Wildman–Crippen MR) is 101 cm³/mol. The topological polar surface area (TPSA) is 68.9 Å². The smallest absolute Gasteiger partial charge is 0.305 e. The van der Waals surface area contributed by atoms with Crippen molar-refractivity contribution >= 4 is 34.2 Å². The van der Waals surface area contributed by atoms with Gasteiger partial charge < -0.3 is 9.13 Å². The maximum Gasteiger partial charge on any atom is 0.307 e. The SMILES string of the molecule is Cc1csc(=O)n1CCC(=O)Nc1nc2ccccc2n1C(C)(C)C. The summed E-state index contributed by atoms with van der Waals surface area (Å²) in [6.45, 7) is 8.46. The number of carbonyl (C=O) groups is 1. The van der Waals surface area contributed by atoms with Crippen LogP contribution in [0.5, 0.6) is 0 Å². The van der Waals surface area contributed by atoms with Crippen molar-refractivity contribution in [3.8, 4) is 0 Å². The zero-order valence-electron chi connectivity index (χ0n) is 14.9. The highest BCUT2D eigenvalue weighted by atomic mass is 32.1. The highest BCUT2D eigenvalue weighted by molar-refractivity contribution is 7.07. The van der Waals surface area contributed by atoms with E-state index < -0.39 is 0 Å². The number of para-hydroxylation sites is 2. The molecule has 0 aliphatic rings. The van der Waals surface area contributed by atoms with Crippen LogP contribution in [0.4, 0.5) is 5.95 Å². The number of aromatic nitrogens is 3. The Morgan fingerprint density at radius 1 is 1.28 bits per heavy atom. The van der Waals surface area contributed by atoms with E-state index in [1.807, 2.05) is 35.8 Å². The molecule has 6 nitrogen and oxygen atoms in total. The molecule has 0 saturated heterocycles. The molecule has 0 saturated carbocycles. The zero-order valence-corrected chi connectivity index (χ0v) is 15.7. The zero-order chi connectivity index (χ0) is 18.2. The van der Waals surface area contributed by atoms with Gasteiger partial charge in [-0.3, -0.25) is 14.9 Å². The van der Waals surface area contributed by atoms with Crippen molar-refractivity contribution in [2.75, 3.05) is 5.32 Å². The Labute approximate surface area is 150 Å². The normalized spacial score (nSPS) is 11.8. The summed E-state index contributed by atoms with van der Waals surface area (Å²) in [5.41, 5.74) is 2.48. The molecule has 132 valence electrons. The van der Waals surface area contributed by atoms with Gasteiger partial charge in [0.25, 0.3) is 0 Å². The standard InChI is InChI=1S/C18H22N4O2S/c1-12-11-25-17(24)21(12)10-9-15(23)20-16-19-13-7-5-6-8-14(13)22(16)18(2,3)4/h5-8,11H,9-10H2,1-4H3,(H,19,20,23). The molecule has 3 aromatic rings. The summed E-state index contributed by atoms with van der Waals surface area (Å²) in [7, 11) is 0. The molecule has 3 rings (SSSR count). The fraction of sp³-hybridized carbons (Fsp3) is 0.389. The van der Waals surface area contributed by atoms with Crippen LogP contribution in [0.25, 0.3) is 11.0 Å². The van der Waals surface area contributed by atoms with Crippen LogP contribution in [0.2, 0.25) is 0 Å². The van der Waals surface area contributed by atoms with E-state index in [1.54, 1.807) is 9.95 Å². The molecule has 0 unspecified atom stereocenters. The molecule has 2 heterocycles. The summed E-state index contributed by atoms with van der Waals surface area (Å²) in [4.78, 5) is 28.7. The summed E-state index contributed by atoms with van der Waals surface area (Å²) in [5, 5.41) is 4.71. The Bertz CT molecular complexity index is 975. The van der Waals surface area contributed by atoms with Crippen molar-refractivity contribution in [3.63, 3.8) is 0 Å². The second-order valence-corrected chi connectivity index (χ2v) is 7.84. The number of amides is 1. The molecule has 0 spiro atoms. The first-order valence-corrected chi connectivity index (χ1v) is 9.08. The van der Waals surface area contributed by atoms with Gasteiger partial charge in [-0.2, -0.15) is 0 Å². The van der Waals surface area contributed by atoms with Crippen LogP contribution in [-0.2, 0) is 16.9 Å². The van der Waals surface area contributed by atoms with Crippen molar-refractivity contribution in [3.05, 3.63) is 45.0 Å². The fourth-order valence-corrected chi connectivity index (χ4v) is 3.63. The molecule has 0 bridgehead atoms. The number of nitrogens with zero attached hydrogens (tertiary/aromatic N) is 3. The number of carbonyl (C=O) groups excluding carboxylic acids is 1. The average Bonchev–Trinajstić information content (AvgIpc) is 3.05. The third-order valence-corrected chi connectivity index (χ3v) is 4.90. The van der Waals surface area contributed by atoms with Crippen LogP contribution in [0.15, 0.2) is 34.4 Å². The van der Waals surface area contributed by atoms with E-state index in [0.717, 1.165) is 28.1 Å². The van der Waals surface area contributed by atoms with E-state index >= 15 is 0 Å². The highest BCUT2D eigenvalue weighted by Gasteiger charge is 2.22. The van der Waals surface area contributed by atoms with E-state index in [4.69, 9.17) is 0 Å². The Morgan fingerprint density at radius 2 is 2.00 bits per heavy atom. The number of aryl methyl sites for hydroxylation is 1. The van der Waals surface area contributed by atoms with Crippen molar-refractivity contribution < 1.29 is 4.79 Å². The van der Waals surface area contributed by atoms with Gasteiger partial charge in [0.15, 0.2) is 0 Å². The second-order valence-electron chi connectivity index (χ2n) is 7.02. The molecule has 0 fully saturated rings. The van der Waals surface area contributed by atoms with Crippen LogP contribution in [-0.4, -0.2) is 20.0 Å². The molecule has 0 radical (unpaired) electrons. The third kappa shape index (κ3) is 3.51. The highest BCUT2D eigenvalue weighted by Crippen LogP contribution is 2.27. The monoisotopic (exact) mass is 358 g/mol. The predicted octanol–water partition coefficient (Wildman–Crippen LogP) is 3.35. The molecule has 0 aliphatic carbocycles. The lowest BCUT2D eigenvalue weighted by Crippen LogP contribution is -2.26. The maximum absolute atomic E-state index is 12.4. The minimum absolute atomic E-state index is 0.0350. The minimum Gasteiger partial charge on any atom is -0.305 e. The maximum atomic E-state index is 12.4. The van der Waals surface area contributed by atoms with Gasteiger partial charge in [0.1, 0.15) is 0 Å². The first-order valence-electron chi connectivity index (χ1n) is 8.20.